The van der Waals surface area contributed by atoms with Crippen molar-refractivity contribution < 1.29 is 27.6 Å². The van der Waals surface area contributed by atoms with E-state index in [1.807, 2.05) is 13.8 Å². The Bertz CT molecular complexity index is 1160. The van der Waals surface area contributed by atoms with E-state index >= 15 is 0 Å². The molecule has 1 aliphatic heterocycles. The van der Waals surface area contributed by atoms with E-state index < -0.39 is 35.3 Å². The van der Waals surface area contributed by atoms with Gasteiger partial charge in [0.05, 0.1) is 23.7 Å². The average molecular weight is 537 g/mol. The quantitative estimate of drug-likeness (QED) is 0.646. The number of carbonyl (C=O) groups is 3. The van der Waals surface area contributed by atoms with Crippen molar-refractivity contribution in [3.05, 3.63) is 47.0 Å². The largest absolute Gasteiger partial charge is 0.417 e. The first-order chi connectivity index (χ1) is 17.8. The Morgan fingerprint density at radius 2 is 1.84 bits per heavy atom. The minimum Gasteiger partial charge on any atom is -0.344 e. The van der Waals surface area contributed by atoms with E-state index in [-0.39, 0.29) is 50.2 Å². The molecule has 1 N–H and O–H groups in total. The summed E-state index contributed by atoms with van der Waals surface area (Å²) in [6.07, 6.45) is -3.89. The third-order valence-electron chi connectivity index (χ3n) is 6.65. The first-order valence-corrected chi connectivity index (χ1v) is 12.7. The van der Waals surface area contributed by atoms with Gasteiger partial charge in [-0.3, -0.25) is 14.4 Å². The third-order valence-corrected chi connectivity index (χ3v) is 6.65. The molecule has 0 fully saturated rings. The number of amides is 3. The van der Waals surface area contributed by atoms with Crippen LogP contribution in [0, 0.1) is 12.8 Å². The monoisotopic (exact) mass is 536 g/mol. The molecule has 208 valence electrons. The van der Waals surface area contributed by atoms with Crippen molar-refractivity contribution in [3.8, 4) is 0 Å². The normalized spacial score (nSPS) is 20.2. The summed E-state index contributed by atoms with van der Waals surface area (Å²) in [7, 11) is 1.53. The van der Waals surface area contributed by atoms with Gasteiger partial charge in [0.15, 0.2) is 0 Å². The molecule has 38 heavy (non-hydrogen) atoms. The van der Waals surface area contributed by atoms with E-state index in [0.717, 1.165) is 12.1 Å². The molecule has 1 aromatic carbocycles. The summed E-state index contributed by atoms with van der Waals surface area (Å²) in [4.78, 5) is 46.4. The molecule has 0 saturated carbocycles. The maximum atomic E-state index is 13.7. The molecule has 9 nitrogen and oxygen atoms in total. The van der Waals surface area contributed by atoms with Gasteiger partial charge in [-0.2, -0.15) is 18.3 Å². The summed E-state index contributed by atoms with van der Waals surface area (Å²) in [5.74, 6) is -0.247. The lowest BCUT2D eigenvalue weighted by Gasteiger charge is -2.29. The number of halogens is 3. The van der Waals surface area contributed by atoms with Crippen molar-refractivity contribution in [2.24, 2.45) is 5.92 Å². The number of hydrogen-bond donors (Lipinski definition) is 1. The molecule has 1 aliphatic rings. The van der Waals surface area contributed by atoms with Crippen LogP contribution < -0.4 is 5.32 Å². The van der Waals surface area contributed by atoms with E-state index in [4.69, 9.17) is 0 Å². The molecule has 0 radical (unpaired) electrons. The topological polar surface area (TPSA) is 100 Å². The molecule has 12 heteroatoms. The number of rotatable bonds is 3. The first-order valence-electron chi connectivity index (χ1n) is 12.7. The minimum absolute atomic E-state index is 0.0297. The summed E-state index contributed by atoms with van der Waals surface area (Å²) < 4.78 is 42.6. The highest BCUT2D eigenvalue weighted by molar-refractivity contribution is 5.96. The predicted octanol–water partition coefficient (Wildman–Crippen LogP) is 3.59. The number of hydrogen-bond acceptors (Lipinski definition) is 5. The Labute approximate surface area is 220 Å². The summed E-state index contributed by atoms with van der Waals surface area (Å²) >= 11 is 0. The van der Waals surface area contributed by atoms with Crippen molar-refractivity contribution in [2.75, 3.05) is 20.1 Å². The van der Waals surface area contributed by atoms with Crippen LogP contribution in [0.15, 0.2) is 24.3 Å². The maximum absolute atomic E-state index is 13.7. The van der Waals surface area contributed by atoms with Gasteiger partial charge < -0.3 is 15.1 Å². The fourth-order valence-electron chi connectivity index (χ4n) is 4.49. The van der Waals surface area contributed by atoms with Gasteiger partial charge in [-0.25, -0.2) is 9.67 Å². The molecule has 3 amide bonds. The van der Waals surface area contributed by atoms with Gasteiger partial charge in [0.25, 0.3) is 5.91 Å². The highest BCUT2D eigenvalue weighted by Gasteiger charge is 2.36. The van der Waals surface area contributed by atoms with Crippen LogP contribution in [0.1, 0.15) is 73.6 Å². The summed E-state index contributed by atoms with van der Waals surface area (Å²) in [5, 5.41) is 7.44. The van der Waals surface area contributed by atoms with Gasteiger partial charge in [-0.15, -0.1) is 0 Å². The Hall–Kier alpha value is -3.44. The molecular formula is C26H35F3N6O3. The Morgan fingerprint density at radius 1 is 1.16 bits per heavy atom. The van der Waals surface area contributed by atoms with Crippen LogP contribution >= 0.6 is 0 Å². The van der Waals surface area contributed by atoms with Crippen LogP contribution in [-0.2, 0) is 22.3 Å². The lowest BCUT2D eigenvalue weighted by molar-refractivity contribution is -0.138. The van der Waals surface area contributed by atoms with Crippen LogP contribution in [0.4, 0.5) is 13.2 Å². The number of likely N-dealkylation sites (N-methyl/N-ethyl adjacent to an activating group) is 1. The van der Waals surface area contributed by atoms with Gasteiger partial charge in [0, 0.05) is 26.6 Å². The standard InChI is InChI=1S/C26H35F3N6O3/c1-16(2)15-21-23-30-18(4)32-35(23)14-13-34(12-8-11-22(36)33(5)17(3)24(37)31-21)25(38)19-9-6-7-10-20(19)26(27,28)29/h6-7,9-10,16-17,21H,8,11-15H2,1-5H3,(H,31,37)/t17-,21+/m0/s1. The number of benzene rings is 1. The number of nitrogens with one attached hydrogen (secondary N) is 1. The SMILES string of the molecule is Cc1nc2n(n1)CCN(C(=O)c1ccccc1C(F)(F)F)CCCC(=O)N(C)[C@@H](C)C(=O)N[C@@H]2CC(C)C. The second-order valence-electron chi connectivity index (χ2n) is 10.1. The Balaban J connectivity index is 2.01. The fraction of sp³-hybridized carbons (Fsp3) is 0.577. The summed E-state index contributed by atoms with van der Waals surface area (Å²) in [6.45, 7) is 7.61. The second-order valence-corrected chi connectivity index (χ2v) is 10.1. The molecule has 0 spiro atoms. The molecule has 0 aliphatic carbocycles. The number of aryl methyl sites for hydroxylation is 1. The zero-order chi connectivity index (χ0) is 28.2. The molecule has 1 aromatic heterocycles. The van der Waals surface area contributed by atoms with Crippen molar-refractivity contribution in [2.45, 2.75) is 71.8 Å². The lowest BCUT2D eigenvalue weighted by atomic mass is 10.0. The van der Waals surface area contributed by atoms with Gasteiger partial charge >= 0.3 is 6.18 Å². The number of nitrogens with zero attached hydrogens (tertiary/aromatic N) is 5. The summed E-state index contributed by atoms with van der Waals surface area (Å²) in [5.41, 5.74) is -1.45. The van der Waals surface area contributed by atoms with Crippen LogP contribution in [0.2, 0.25) is 0 Å². The molecule has 2 aromatic rings. The number of alkyl halides is 3. The number of carbonyl (C=O) groups excluding carboxylic acids is 3. The van der Waals surface area contributed by atoms with E-state index in [1.165, 1.54) is 29.0 Å². The van der Waals surface area contributed by atoms with Crippen molar-refractivity contribution in [1.29, 1.82) is 0 Å². The minimum atomic E-state index is -4.69. The smallest absolute Gasteiger partial charge is 0.344 e. The average Bonchev–Trinajstić information content (AvgIpc) is 3.23. The first kappa shape index (κ1) is 29.1. The van der Waals surface area contributed by atoms with Gasteiger partial charge in [-0.1, -0.05) is 26.0 Å². The molecule has 0 bridgehead atoms. The van der Waals surface area contributed by atoms with E-state index in [9.17, 15) is 27.6 Å². The molecule has 3 rings (SSSR count). The molecule has 2 heterocycles. The Kier molecular flexibility index (Phi) is 9.16. The Morgan fingerprint density at radius 3 is 2.50 bits per heavy atom. The number of aromatic nitrogens is 3. The molecule has 0 unspecified atom stereocenters. The predicted molar refractivity (Wildman–Crippen MR) is 134 cm³/mol. The fourth-order valence-corrected chi connectivity index (χ4v) is 4.49. The zero-order valence-corrected chi connectivity index (χ0v) is 22.4. The number of fused-ring (bicyclic) bond motifs is 1. The van der Waals surface area contributed by atoms with Crippen LogP contribution in [-0.4, -0.2) is 68.5 Å². The van der Waals surface area contributed by atoms with Crippen LogP contribution in [0.25, 0.3) is 0 Å². The molecule has 0 saturated heterocycles. The van der Waals surface area contributed by atoms with Gasteiger partial charge in [-0.05, 0) is 44.7 Å². The summed E-state index contributed by atoms with van der Waals surface area (Å²) in [6, 6.07) is 3.42. The van der Waals surface area contributed by atoms with Crippen molar-refractivity contribution in [1.82, 2.24) is 29.9 Å². The highest BCUT2D eigenvalue weighted by Crippen LogP contribution is 2.32. The third kappa shape index (κ3) is 6.90. The van der Waals surface area contributed by atoms with Crippen LogP contribution in [0.3, 0.4) is 0 Å². The van der Waals surface area contributed by atoms with Crippen molar-refractivity contribution >= 4 is 17.7 Å². The van der Waals surface area contributed by atoms with E-state index in [0.29, 0.717) is 18.1 Å². The maximum Gasteiger partial charge on any atom is 0.417 e. The van der Waals surface area contributed by atoms with E-state index in [1.54, 1.807) is 18.5 Å². The van der Waals surface area contributed by atoms with Crippen molar-refractivity contribution in [3.63, 3.8) is 0 Å². The van der Waals surface area contributed by atoms with E-state index in [2.05, 4.69) is 15.4 Å². The van der Waals surface area contributed by atoms with Gasteiger partial charge in [0.1, 0.15) is 17.7 Å². The highest BCUT2D eigenvalue weighted by atomic mass is 19.4. The molecule has 2 atom stereocenters. The van der Waals surface area contributed by atoms with Crippen LogP contribution in [0.5, 0.6) is 0 Å². The zero-order valence-electron chi connectivity index (χ0n) is 22.4. The lowest BCUT2D eigenvalue weighted by Crippen LogP contribution is -2.47. The van der Waals surface area contributed by atoms with Gasteiger partial charge in [0.2, 0.25) is 11.8 Å². The molecular weight excluding hydrogens is 501 g/mol. The second kappa shape index (κ2) is 12.0.